The van der Waals surface area contributed by atoms with Crippen LogP contribution in [-0.2, 0) is 11.3 Å². The maximum absolute atomic E-state index is 13.3. The Balaban J connectivity index is 2.02. The van der Waals surface area contributed by atoms with Crippen molar-refractivity contribution in [2.24, 2.45) is 11.1 Å². The molecule has 2 N–H and O–H groups in total. The normalized spacial score (nSPS) is 17.3. The second-order valence-electron chi connectivity index (χ2n) is 5.33. The average Bonchev–Trinajstić information content (AvgIpc) is 2.34. The molecule has 1 aliphatic rings. The van der Waals surface area contributed by atoms with E-state index in [4.69, 9.17) is 15.2 Å². The zero-order valence-electron chi connectivity index (χ0n) is 11.5. The highest BCUT2D eigenvalue weighted by Gasteiger charge is 2.38. The van der Waals surface area contributed by atoms with E-state index in [0.717, 1.165) is 12.1 Å². The molecule has 2 rings (SSSR count). The van der Waals surface area contributed by atoms with E-state index in [1.54, 1.807) is 13.2 Å². The van der Waals surface area contributed by atoms with Crippen LogP contribution in [0.15, 0.2) is 18.2 Å². The van der Waals surface area contributed by atoms with Gasteiger partial charge in [0.05, 0.1) is 20.3 Å². The minimum atomic E-state index is -0.246. The Hall–Kier alpha value is -1.17. The molecule has 4 nitrogen and oxygen atoms in total. The quantitative estimate of drug-likeness (QED) is 0.843. The molecule has 0 aliphatic carbocycles. The van der Waals surface area contributed by atoms with E-state index in [0.29, 0.717) is 32.1 Å². The summed E-state index contributed by atoms with van der Waals surface area (Å²) < 4.78 is 23.8. The molecule has 0 amide bonds. The molecule has 1 aromatic rings. The molecule has 0 unspecified atom stereocenters. The van der Waals surface area contributed by atoms with Crippen LogP contribution in [0.1, 0.15) is 5.56 Å². The number of nitrogens with two attached hydrogens (primary N) is 1. The van der Waals surface area contributed by atoms with Crippen LogP contribution in [-0.4, -0.2) is 45.4 Å². The lowest BCUT2D eigenvalue weighted by molar-refractivity contribution is -0.118. The Morgan fingerprint density at radius 2 is 2.21 bits per heavy atom. The van der Waals surface area contributed by atoms with Gasteiger partial charge in [0.1, 0.15) is 11.6 Å². The van der Waals surface area contributed by atoms with Crippen molar-refractivity contribution >= 4 is 0 Å². The van der Waals surface area contributed by atoms with E-state index < -0.39 is 0 Å². The fourth-order valence-corrected chi connectivity index (χ4v) is 2.45. The lowest BCUT2D eigenvalue weighted by Gasteiger charge is -2.43. The zero-order valence-corrected chi connectivity index (χ0v) is 11.5. The molecule has 1 heterocycles. The van der Waals surface area contributed by atoms with Crippen molar-refractivity contribution < 1.29 is 13.9 Å². The Bertz CT molecular complexity index is 430. The fraction of sp³-hybridized carbons (Fsp3) is 0.571. The first-order valence-corrected chi connectivity index (χ1v) is 6.37. The molecule has 0 aromatic heterocycles. The Labute approximate surface area is 113 Å². The molecule has 1 aromatic carbocycles. The first-order chi connectivity index (χ1) is 9.08. The maximum Gasteiger partial charge on any atom is 0.123 e. The molecule has 0 bridgehead atoms. The number of nitrogens with zero attached hydrogens (tertiary/aromatic N) is 1. The SMILES string of the molecule is COc1ccc(F)cc1CN(C)CC1(CN)COC1. The molecule has 106 valence electrons. The number of benzene rings is 1. The average molecular weight is 268 g/mol. The van der Waals surface area contributed by atoms with Crippen molar-refractivity contribution in [3.63, 3.8) is 0 Å². The molecule has 19 heavy (non-hydrogen) atoms. The summed E-state index contributed by atoms with van der Waals surface area (Å²) in [5.41, 5.74) is 6.70. The minimum Gasteiger partial charge on any atom is -0.496 e. The van der Waals surface area contributed by atoms with Crippen LogP contribution in [0, 0.1) is 11.2 Å². The third-order valence-electron chi connectivity index (χ3n) is 3.54. The molecule has 0 spiro atoms. The molecule has 0 saturated carbocycles. The van der Waals surface area contributed by atoms with Gasteiger partial charge >= 0.3 is 0 Å². The summed E-state index contributed by atoms with van der Waals surface area (Å²) >= 11 is 0. The summed E-state index contributed by atoms with van der Waals surface area (Å²) in [7, 11) is 3.60. The summed E-state index contributed by atoms with van der Waals surface area (Å²) in [6.07, 6.45) is 0. The molecule has 1 saturated heterocycles. The van der Waals surface area contributed by atoms with Gasteiger partial charge in [-0.1, -0.05) is 0 Å². The van der Waals surface area contributed by atoms with Crippen LogP contribution in [0.3, 0.4) is 0 Å². The van der Waals surface area contributed by atoms with E-state index in [1.807, 2.05) is 7.05 Å². The van der Waals surface area contributed by atoms with Crippen LogP contribution in [0.4, 0.5) is 4.39 Å². The standard InChI is InChI=1S/C14H21FN2O2/c1-17(8-14(7-16)9-19-10-14)6-11-5-12(15)3-4-13(11)18-2/h3-5H,6-10,16H2,1-2H3. The van der Waals surface area contributed by atoms with Crippen molar-refractivity contribution in [1.82, 2.24) is 4.90 Å². The molecule has 5 heteroatoms. The monoisotopic (exact) mass is 268 g/mol. The minimum absolute atomic E-state index is 0.0509. The maximum atomic E-state index is 13.3. The third-order valence-corrected chi connectivity index (χ3v) is 3.54. The number of rotatable bonds is 6. The molecular weight excluding hydrogens is 247 g/mol. The highest BCUT2D eigenvalue weighted by molar-refractivity contribution is 5.33. The van der Waals surface area contributed by atoms with Gasteiger partial charge in [0.25, 0.3) is 0 Å². The van der Waals surface area contributed by atoms with Crippen LogP contribution in [0.5, 0.6) is 5.75 Å². The van der Waals surface area contributed by atoms with Crippen molar-refractivity contribution in [1.29, 1.82) is 0 Å². The van der Waals surface area contributed by atoms with Gasteiger partial charge < -0.3 is 20.1 Å². The molecule has 1 fully saturated rings. The first-order valence-electron chi connectivity index (χ1n) is 6.37. The Morgan fingerprint density at radius 3 is 2.74 bits per heavy atom. The van der Waals surface area contributed by atoms with Crippen molar-refractivity contribution in [3.8, 4) is 5.75 Å². The van der Waals surface area contributed by atoms with Crippen LogP contribution < -0.4 is 10.5 Å². The number of ether oxygens (including phenoxy) is 2. The second-order valence-corrected chi connectivity index (χ2v) is 5.33. The van der Waals surface area contributed by atoms with E-state index in [-0.39, 0.29) is 11.2 Å². The lowest BCUT2D eigenvalue weighted by atomic mass is 9.85. The summed E-state index contributed by atoms with van der Waals surface area (Å²) in [4.78, 5) is 2.13. The van der Waals surface area contributed by atoms with Gasteiger partial charge in [-0.05, 0) is 25.2 Å². The predicted molar refractivity (Wildman–Crippen MR) is 71.6 cm³/mol. The largest absolute Gasteiger partial charge is 0.496 e. The van der Waals surface area contributed by atoms with E-state index in [1.165, 1.54) is 12.1 Å². The van der Waals surface area contributed by atoms with E-state index >= 15 is 0 Å². The summed E-state index contributed by atoms with van der Waals surface area (Å²) in [5.74, 6) is 0.463. The highest BCUT2D eigenvalue weighted by Crippen LogP contribution is 2.28. The zero-order chi connectivity index (χ0) is 13.9. The smallest absolute Gasteiger partial charge is 0.123 e. The summed E-state index contributed by atoms with van der Waals surface area (Å²) in [6, 6.07) is 4.58. The van der Waals surface area contributed by atoms with Gasteiger partial charge in [0.2, 0.25) is 0 Å². The number of hydrogen-bond acceptors (Lipinski definition) is 4. The van der Waals surface area contributed by atoms with Crippen LogP contribution in [0.2, 0.25) is 0 Å². The van der Waals surface area contributed by atoms with E-state index in [2.05, 4.69) is 4.90 Å². The molecule has 0 atom stereocenters. The molecule has 0 radical (unpaired) electrons. The van der Waals surface area contributed by atoms with E-state index in [9.17, 15) is 4.39 Å². The van der Waals surface area contributed by atoms with Crippen molar-refractivity contribution in [2.75, 3.05) is 40.5 Å². The third kappa shape index (κ3) is 3.23. The van der Waals surface area contributed by atoms with Crippen LogP contribution >= 0.6 is 0 Å². The first kappa shape index (κ1) is 14.2. The van der Waals surface area contributed by atoms with Gasteiger partial charge in [-0.2, -0.15) is 0 Å². The lowest BCUT2D eigenvalue weighted by Crippen LogP contribution is -2.54. The number of hydrogen-bond donors (Lipinski definition) is 1. The van der Waals surface area contributed by atoms with Gasteiger partial charge in [0.15, 0.2) is 0 Å². The van der Waals surface area contributed by atoms with Crippen LogP contribution in [0.25, 0.3) is 0 Å². The Morgan fingerprint density at radius 1 is 1.47 bits per heavy atom. The van der Waals surface area contributed by atoms with Crippen molar-refractivity contribution in [3.05, 3.63) is 29.6 Å². The molecular formula is C14H21FN2O2. The van der Waals surface area contributed by atoms with Gasteiger partial charge in [-0.3, -0.25) is 0 Å². The summed E-state index contributed by atoms with van der Waals surface area (Å²) in [5, 5.41) is 0. The predicted octanol–water partition coefficient (Wildman–Crippen LogP) is 1.24. The second kappa shape index (κ2) is 5.86. The number of methoxy groups -OCH3 is 1. The van der Waals surface area contributed by atoms with Gasteiger partial charge in [0, 0.05) is 30.6 Å². The topological polar surface area (TPSA) is 47.7 Å². The van der Waals surface area contributed by atoms with Gasteiger partial charge in [-0.25, -0.2) is 4.39 Å². The fourth-order valence-electron chi connectivity index (χ4n) is 2.45. The highest BCUT2D eigenvalue weighted by atomic mass is 19.1. The molecule has 1 aliphatic heterocycles. The summed E-state index contributed by atoms with van der Waals surface area (Å²) in [6.45, 7) is 3.48. The Kier molecular flexibility index (Phi) is 4.39. The number of halogens is 1. The van der Waals surface area contributed by atoms with Crippen molar-refractivity contribution in [2.45, 2.75) is 6.54 Å². The van der Waals surface area contributed by atoms with Gasteiger partial charge in [-0.15, -0.1) is 0 Å².